The molecule has 2 aliphatic rings. The molecular formula is C21H28N8OS. The Morgan fingerprint density at radius 2 is 1.97 bits per heavy atom. The minimum absolute atomic E-state index is 0.0847. The lowest BCUT2D eigenvalue weighted by molar-refractivity contribution is -0.117. The van der Waals surface area contributed by atoms with Crippen molar-refractivity contribution < 1.29 is 4.79 Å². The zero-order valence-corrected chi connectivity index (χ0v) is 19.2. The fourth-order valence-corrected chi connectivity index (χ4v) is 6.34. The number of amides is 1. The van der Waals surface area contributed by atoms with Crippen LogP contribution in [0.2, 0.25) is 0 Å². The number of carbonyl (C=O) groups excluding carboxylic acids is 1. The highest BCUT2D eigenvalue weighted by molar-refractivity contribution is 8.32. The Bertz CT molecular complexity index is 1150. The summed E-state index contributed by atoms with van der Waals surface area (Å²) < 4.78 is 1.72. The van der Waals surface area contributed by atoms with Crippen LogP contribution >= 0.6 is 10.0 Å². The van der Waals surface area contributed by atoms with E-state index in [2.05, 4.69) is 37.8 Å². The Morgan fingerprint density at radius 3 is 2.74 bits per heavy atom. The van der Waals surface area contributed by atoms with Gasteiger partial charge in [0, 0.05) is 13.1 Å². The first kappa shape index (κ1) is 20.0. The van der Waals surface area contributed by atoms with E-state index in [-0.39, 0.29) is 5.91 Å². The van der Waals surface area contributed by atoms with Crippen molar-refractivity contribution in [3.8, 4) is 0 Å². The van der Waals surface area contributed by atoms with Gasteiger partial charge in [-0.15, -0.1) is 0 Å². The van der Waals surface area contributed by atoms with Crippen molar-refractivity contribution in [1.29, 1.82) is 0 Å². The molecular weight excluding hydrogens is 412 g/mol. The maximum absolute atomic E-state index is 12.7. The molecule has 31 heavy (non-hydrogen) atoms. The van der Waals surface area contributed by atoms with Crippen LogP contribution < -0.4 is 15.1 Å². The maximum Gasteiger partial charge on any atom is 0.246 e. The van der Waals surface area contributed by atoms with E-state index in [1.165, 1.54) is 17.8 Å². The second-order valence-electron chi connectivity index (χ2n) is 8.95. The first-order valence-electron chi connectivity index (χ1n) is 10.5. The number of likely N-dealkylation sites (N-methyl/N-ethyl adjacent to an activating group) is 1. The van der Waals surface area contributed by atoms with Crippen LogP contribution in [0.25, 0.3) is 5.65 Å². The number of hydrogen-bond acceptors (Lipinski definition) is 7. The highest BCUT2D eigenvalue weighted by Crippen LogP contribution is 2.47. The van der Waals surface area contributed by atoms with Crippen molar-refractivity contribution in [2.24, 2.45) is 0 Å². The molecule has 10 heteroatoms. The second kappa shape index (κ2) is 7.37. The Kier molecular flexibility index (Phi) is 4.76. The van der Waals surface area contributed by atoms with E-state index in [9.17, 15) is 4.79 Å². The van der Waals surface area contributed by atoms with E-state index >= 15 is 0 Å². The Morgan fingerprint density at radius 1 is 1.19 bits per heavy atom. The average Bonchev–Trinajstić information content (AvgIpc) is 3.18. The van der Waals surface area contributed by atoms with Crippen molar-refractivity contribution in [2.45, 2.75) is 25.8 Å². The van der Waals surface area contributed by atoms with Gasteiger partial charge in [0.25, 0.3) is 0 Å². The number of pyridine rings is 1. The summed E-state index contributed by atoms with van der Waals surface area (Å²) in [5, 5.41) is 7.54. The second-order valence-corrected chi connectivity index (χ2v) is 13.3. The summed E-state index contributed by atoms with van der Waals surface area (Å²) in [7, 11) is 1.29. The van der Waals surface area contributed by atoms with Crippen LogP contribution in [0.15, 0.2) is 24.8 Å². The molecule has 2 aliphatic heterocycles. The van der Waals surface area contributed by atoms with Gasteiger partial charge < -0.3 is 15.1 Å². The number of aryl methyl sites for hydroxylation is 1. The summed E-state index contributed by atoms with van der Waals surface area (Å²) in [4.78, 5) is 30.1. The van der Waals surface area contributed by atoms with Crippen LogP contribution in [-0.2, 0) is 4.79 Å². The Balaban J connectivity index is 1.48. The van der Waals surface area contributed by atoms with Crippen LogP contribution in [0.1, 0.15) is 18.4 Å². The fourth-order valence-electron chi connectivity index (χ4n) is 4.31. The fraction of sp³-hybridized carbons (Fsp3) is 0.476. The molecule has 164 valence electrons. The number of nitrogens with zero attached hydrogens (tertiary/aromatic N) is 7. The monoisotopic (exact) mass is 440 g/mol. The number of carbonyl (C=O) groups is 1. The first-order valence-corrected chi connectivity index (χ1v) is 13.3. The molecule has 3 aromatic rings. The third kappa shape index (κ3) is 3.69. The van der Waals surface area contributed by atoms with Gasteiger partial charge in [0.05, 0.1) is 24.6 Å². The van der Waals surface area contributed by atoms with Gasteiger partial charge in [-0.2, -0.15) is 10.1 Å². The van der Waals surface area contributed by atoms with Gasteiger partial charge in [0.2, 0.25) is 11.9 Å². The number of hydrogen-bond donors (Lipinski definition) is 1. The molecule has 0 spiro atoms. The molecule has 1 amide bonds. The van der Waals surface area contributed by atoms with Crippen LogP contribution in [0.4, 0.5) is 23.1 Å². The molecule has 0 radical (unpaired) electrons. The average molecular weight is 441 g/mol. The summed E-state index contributed by atoms with van der Waals surface area (Å²) in [5.41, 5.74) is 3.46. The summed E-state index contributed by atoms with van der Waals surface area (Å²) in [6.07, 6.45) is 12.2. The Hall–Kier alpha value is -2.88. The number of rotatable bonds is 3. The molecule has 0 unspecified atom stereocenters. The SMILES string of the molecule is Cc1cc2ncnn2cc1Nc1ncc2c(n1)N(C1CCS(C)(C)CC1)CC(=O)N2C. The van der Waals surface area contributed by atoms with E-state index in [0.29, 0.717) is 18.5 Å². The maximum atomic E-state index is 12.7. The predicted octanol–water partition coefficient (Wildman–Crippen LogP) is 2.58. The third-order valence-electron chi connectivity index (χ3n) is 6.38. The van der Waals surface area contributed by atoms with Gasteiger partial charge in [-0.3, -0.25) is 4.79 Å². The van der Waals surface area contributed by atoms with Gasteiger partial charge in [-0.05, 0) is 55.4 Å². The molecule has 0 atom stereocenters. The van der Waals surface area contributed by atoms with Crippen LogP contribution in [0.3, 0.4) is 0 Å². The van der Waals surface area contributed by atoms with Crippen molar-refractivity contribution >= 4 is 44.7 Å². The summed E-state index contributed by atoms with van der Waals surface area (Å²) in [6.45, 7) is 2.38. The molecule has 0 saturated carbocycles. The van der Waals surface area contributed by atoms with E-state index in [4.69, 9.17) is 4.98 Å². The van der Waals surface area contributed by atoms with E-state index < -0.39 is 10.0 Å². The van der Waals surface area contributed by atoms with E-state index in [1.807, 2.05) is 19.2 Å². The summed E-state index contributed by atoms with van der Waals surface area (Å²) in [5.74, 6) is 3.90. The molecule has 1 saturated heterocycles. The Labute approximate surface area is 183 Å². The normalized spacial score (nSPS) is 20.1. The van der Waals surface area contributed by atoms with Gasteiger partial charge >= 0.3 is 0 Å². The molecule has 5 heterocycles. The van der Waals surface area contributed by atoms with Crippen molar-refractivity contribution in [1.82, 2.24) is 24.6 Å². The lowest BCUT2D eigenvalue weighted by Gasteiger charge is -2.45. The molecule has 0 aliphatic carbocycles. The molecule has 0 aromatic carbocycles. The minimum atomic E-state index is -0.503. The smallest absolute Gasteiger partial charge is 0.246 e. The van der Waals surface area contributed by atoms with Gasteiger partial charge in [-0.25, -0.2) is 24.5 Å². The minimum Gasteiger partial charge on any atom is -0.342 e. The molecule has 5 rings (SSSR count). The van der Waals surface area contributed by atoms with E-state index in [0.717, 1.165) is 41.2 Å². The summed E-state index contributed by atoms with van der Waals surface area (Å²) >= 11 is 0. The lowest BCUT2D eigenvalue weighted by Crippen LogP contribution is -2.50. The first-order chi connectivity index (χ1) is 14.8. The largest absolute Gasteiger partial charge is 0.342 e. The van der Waals surface area contributed by atoms with Crippen LogP contribution in [-0.4, -0.2) is 74.1 Å². The topological polar surface area (TPSA) is 91.5 Å². The molecule has 1 N–H and O–H groups in total. The van der Waals surface area contributed by atoms with Crippen molar-refractivity contribution in [2.75, 3.05) is 52.7 Å². The molecule has 1 fully saturated rings. The molecule has 9 nitrogen and oxygen atoms in total. The third-order valence-corrected chi connectivity index (χ3v) is 9.06. The number of anilines is 4. The highest BCUT2D eigenvalue weighted by atomic mass is 32.3. The number of fused-ring (bicyclic) bond motifs is 2. The van der Waals surface area contributed by atoms with Crippen molar-refractivity contribution in [3.63, 3.8) is 0 Å². The standard InChI is InChI=1S/C21H28N8OS/c1-14-9-18-23-13-24-29(18)11-16(14)25-21-22-10-17-20(26-21)28(12-19(30)27(17)2)15-5-7-31(3,4)8-6-15/h9-11,13,15H,5-8,12H2,1-4H3,(H,22,25,26). The quantitative estimate of drug-likeness (QED) is 0.669. The van der Waals surface area contributed by atoms with Gasteiger partial charge in [0.1, 0.15) is 12.0 Å². The summed E-state index contributed by atoms with van der Waals surface area (Å²) in [6, 6.07) is 2.31. The van der Waals surface area contributed by atoms with Crippen LogP contribution in [0, 0.1) is 6.92 Å². The number of aromatic nitrogens is 5. The van der Waals surface area contributed by atoms with Crippen LogP contribution in [0.5, 0.6) is 0 Å². The lowest BCUT2D eigenvalue weighted by atomic mass is 10.1. The zero-order valence-electron chi connectivity index (χ0n) is 18.4. The molecule has 3 aromatic heterocycles. The number of nitrogens with one attached hydrogen (secondary N) is 1. The zero-order chi connectivity index (χ0) is 21.8. The van der Waals surface area contributed by atoms with Gasteiger partial charge in [-0.1, -0.05) is 0 Å². The van der Waals surface area contributed by atoms with Crippen molar-refractivity contribution in [3.05, 3.63) is 30.4 Å². The molecule has 0 bridgehead atoms. The highest BCUT2D eigenvalue weighted by Gasteiger charge is 2.35. The van der Waals surface area contributed by atoms with Gasteiger partial charge in [0.15, 0.2) is 11.5 Å². The van der Waals surface area contributed by atoms with E-state index in [1.54, 1.807) is 22.7 Å². The predicted molar refractivity (Wildman–Crippen MR) is 126 cm³/mol.